The Morgan fingerprint density at radius 2 is 1.88 bits per heavy atom. The van der Waals surface area contributed by atoms with E-state index in [-0.39, 0.29) is 49.0 Å². The summed E-state index contributed by atoms with van der Waals surface area (Å²) in [6.07, 6.45) is 5.14. The van der Waals surface area contributed by atoms with Gasteiger partial charge in [0.25, 0.3) is 0 Å². The fraction of sp³-hybridized carbons (Fsp3) is 0.647. The maximum absolute atomic E-state index is 12.1. The van der Waals surface area contributed by atoms with Crippen LogP contribution in [-0.4, -0.2) is 62.1 Å². The number of hydrogen-bond donors (Lipinski definition) is 2. The van der Waals surface area contributed by atoms with Crippen LogP contribution in [0.25, 0.3) is 0 Å². The molecule has 0 aliphatic carbocycles. The van der Waals surface area contributed by atoms with Crippen LogP contribution in [0.4, 0.5) is 11.5 Å². The normalized spacial score (nSPS) is 20.0. The number of nitrogens with zero attached hydrogens (tertiary/aromatic N) is 3. The third-order valence-electron chi connectivity index (χ3n) is 4.99. The molecule has 3 heterocycles. The topological polar surface area (TPSA) is 60.5 Å². The molecule has 2 aliphatic heterocycles. The lowest BCUT2D eigenvalue weighted by Gasteiger charge is -2.36. The van der Waals surface area contributed by atoms with Crippen molar-refractivity contribution < 1.29 is 4.79 Å². The molecule has 0 spiro atoms. The van der Waals surface area contributed by atoms with Gasteiger partial charge in [-0.25, -0.2) is 4.98 Å². The lowest BCUT2D eigenvalue weighted by atomic mass is 10.0. The van der Waals surface area contributed by atoms with E-state index in [0.717, 1.165) is 38.3 Å². The third-order valence-corrected chi connectivity index (χ3v) is 4.99. The summed E-state index contributed by atoms with van der Waals surface area (Å²) in [4.78, 5) is 21.2. The average Bonchev–Trinajstić information content (AvgIpc) is 3.10. The lowest BCUT2D eigenvalue weighted by Crippen LogP contribution is -2.42. The van der Waals surface area contributed by atoms with Crippen LogP contribution in [0.5, 0.6) is 0 Å². The van der Waals surface area contributed by atoms with E-state index in [9.17, 15) is 4.79 Å². The highest BCUT2D eigenvalue weighted by Gasteiger charge is 2.23. The van der Waals surface area contributed by atoms with Gasteiger partial charge in [-0.1, -0.05) is 0 Å². The third kappa shape index (κ3) is 6.43. The summed E-state index contributed by atoms with van der Waals surface area (Å²) in [7, 11) is 4.30. The van der Waals surface area contributed by atoms with Crippen LogP contribution in [0.2, 0.25) is 0 Å². The zero-order valence-electron chi connectivity index (χ0n) is 15.3. The molecule has 3 rings (SSSR count). The van der Waals surface area contributed by atoms with Crippen LogP contribution >= 0.6 is 37.2 Å². The van der Waals surface area contributed by atoms with E-state index < -0.39 is 0 Å². The van der Waals surface area contributed by atoms with Crippen molar-refractivity contribution >= 4 is 54.6 Å². The van der Waals surface area contributed by atoms with Gasteiger partial charge >= 0.3 is 0 Å². The van der Waals surface area contributed by atoms with Crippen LogP contribution in [-0.2, 0) is 4.79 Å². The maximum Gasteiger partial charge on any atom is 0.229 e. The molecule has 6 nitrogen and oxygen atoms in total. The Bertz CT molecular complexity index is 530. The summed E-state index contributed by atoms with van der Waals surface area (Å²) in [6, 6.07) is 4.65. The molecule has 1 unspecified atom stereocenters. The van der Waals surface area contributed by atoms with Gasteiger partial charge in [0.05, 0.1) is 17.8 Å². The van der Waals surface area contributed by atoms with Gasteiger partial charge in [0.1, 0.15) is 5.82 Å². The Hall–Kier alpha value is -0.790. The van der Waals surface area contributed by atoms with Gasteiger partial charge in [-0.05, 0) is 52.0 Å². The van der Waals surface area contributed by atoms with E-state index in [4.69, 9.17) is 0 Å². The summed E-state index contributed by atoms with van der Waals surface area (Å²) in [5.41, 5.74) is 1.14. The molecular formula is C17H30Cl3N5O. The number of piperidine rings is 1. The molecule has 1 amide bonds. The fourth-order valence-electron chi connectivity index (χ4n) is 3.39. The van der Waals surface area contributed by atoms with Gasteiger partial charge in [0.15, 0.2) is 0 Å². The van der Waals surface area contributed by atoms with Gasteiger partial charge in [-0.15, -0.1) is 37.2 Å². The minimum atomic E-state index is 0. The van der Waals surface area contributed by atoms with Crippen molar-refractivity contribution in [1.82, 2.24) is 15.2 Å². The summed E-state index contributed by atoms with van der Waals surface area (Å²) in [5.74, 6) is 0.789. The Balaban J connectivity index is 0.00000208. The standard InChI is InChI=1S/C17H27N5O.3ClH/c1-21(2)14-6-9-22(10-7-14)15-3-4-16(19-12-15)20-17(23)13-5-8-18-11-13;;;/h3-4,12-14,18H,5-11H2,1-2H3,(H,19,20,23);3*1H. The van der Waals surface area contributed by atoms with E-state index in [0.29, 0.717) is 11.9 Å². The Morgan fingerprint density at radius 3 is 2.38 bits per heavy atom. The van der Waals surface area contributed by atoms with Gasteiger partial charge < -0.3 is 20.4 Å². The fourth-order valence-corrected chi connectivity index (χ4v) is 3.39. The minimum absolute atomic E-state index is 0. The second kappa shape index (κ2) is 11.8. The van der Waals surface area contributed by atoms with Crippen molar-refractivity contribution in [2.24, 2.45) is 5.92 Å². The maximum atomic E-state index is 12.1. The molecule has 0 aromatic carbocycles. The predicted octanol–water partition coefficient (Wildman–Crippen LogP) is 2.43. The van der Waals surface area contributed by atoms with Crippen molar-refractivity contribution in [1.29, 1.82) is 0 Å². The molecule has 2 saturated heterocycles. The molecule has 2 aliphatic rings. The van der Waals surface area contributed by atoms with Crippen LogP contribution in [0.1, 0.15) is 19.3 Å². The second-order valence-corrected chi connectivity index (χ2v) is 6.76. The zero-order chi connectivity index (χ0) is 16.2. The molecule has 26 heavy (non-hydrogen) atoms. The number of carbonyl (C=O) groups excluding carboxylic acids is 1. The first-order valence-electron chi connectivity index (χ1n) is 8.52. The number of aromatic nitrogens is 1. The molecule has 2 N–H and O–H groups in total. The number of pyridine rings is 1. The van der Waals surface area contributed by atoms with E-state index in [1.807, 2.05) is 12.3 Å². The van der Waals surface area contributed by atoms with E-state index in [1.54, 1.807) is 0 Å². The number of hydrogen-bond acceptors (Lipinski definition) is 5. The average molecular weight is 427 g/mol. The first kappa shape index (κ1) is 25.2. The first-order valence-corrected chi connectivity index (χ1v) is 8.52. The minimum Gasteiger partial charge on any atom is -0.370 e. The van der Waals surface area contributed by atoms with Crippen molar-refractivity contribution in [3.63, 3.8) is 0 Å². The predicted molar refractivity (Wildman–Crippen MR) is 115 cm³/mol. The largest absolute Gasteiger partial charge is 0.370 e. The molecule has 9 heteroatoms. The highest BCUT2D eigenvalue weighted by atomic mass is 35.5. The van der Waals surface area contributed by atoms with E-state index in [1.165, 1.54) is 12.8 Å². The molecule has 0 radical (unpaired) electrons. The summed E-state index contributed by atoms with van der Waals surface area (Å²) >= 11 is 0. The Labute approximate surface area is 174 Å². The molecular weight excluding hydrogens is 397 g/mol. The highest BCUT2D eigenvalue weighted by molar-refractivity contribution is 5.92. The number of carbonyl (C=O) groups is 1. The van der Waals surface area contributed by atoms with Gasteiger partial charge in [0, 0.05) is 25.7 Å². The lowest BCUT2D eigenvalue weighted by molar-refractivity contribution is -0.119. The van der Waals surface area contributed by atoms with Gasteiger partial charge in [-0.3, -0.25) is 4.79 Å². The monoisotopic (exact) mass is 425 g/mol. The van der Waals surface area contributed by atoms with Crippen LogP contribution in [0, 0.1) is 5.92 Å². The van der Waals surface area contributed by atoms with Crippen molar-refractivity contribution in [2.75, 3.05) is 50.5 Å². The van der Waals surface area contributed by atoms with E-state index >= 15 is 0 Å². The van der Waals surface area contributed by atoms with Crippen LogP contribution in [0.15, 0.2) is 18.3 Å². The number of rotatable bonds is 4. The highest BCUT2D eigenvalue weighted by Crippen LogP contribution is 2.22. The zero-order valence-corrected chi connectivity index (χ0v) is 17.8. The number of amides is 1. The molecule has 1 aromatic rings. The summed E-state index contributed by atoms with van der Waals surface area (Å²) in [6.45, 7) is 3.81. The summed E-state index contributed by atoms with van der Waals surface area (Å²) in [5, 5.41) is 6.13. The molecule has 0 bridgehead atoms. The van der Waals surface area contributed by atoms with Crippen LogP contribution < -0.4 is 15.5 Å². The van der Waals surface area contributed by atoms with E-state index in [2.05, 4.69) is 45.6 Å². The Morgan fingerprint density at radius 1 is 1.19 bits per heavy atom. The SMILES string of the molecule is CN(C)C1CCN(c2ccc(NC(=O)C3CCNC3)nc2)CC1.Cl.Cl.Cl. The Kier molecular flexibility index (Phi) is 11.5. The van der Waals surface area contributed by atoms with Crippen molar-refractivity contribution in [3.8, 4) is 0 Å². The smallest absolute Gasteiger partial charge is 0.229 e. The summed E-state index contributed by atoms with van der Waals surface area (Å²) < 4.78 is 0. The first-order chi connectivity index (χ1) is 11.1. The van der Waals surface area contributed by atoms with Crippen molar-refractivity contribution in [2.45, 2.75) is 25.3 Å². The molecule has 1 aromatic heterocycles. The van der Waals surface area contributed by atoms with Gasteiger partial charge in [-0.2, -0.15) is 0 Å². The molecule has 150 valence electrons. The van der Waals surface area contributed by atoms with Crippen LogP contribution in [0.3, 0.4) is 0 Å². The number of halogens is 3. The second-order valence-electron chi connectivity index (χ2n) is 6.76. The number of anilines is 2. The van der Waals surface area contributed by atoms with Gasteiger partial charge in [0.2, 0.25) is 5.91 Å². The molecule has 1 atom stereocenters. The number of nitrogens with one attached hydrogen (secondary N) is 2. The van der Waals surface area contributed by atoms with Crippen molar-refractivity contribution in [3.05, 3.63) is 18.3 Å². The quantitative estimate of drug-likeness (QED) is 0.774. The molecule has 2 fully saturated rings. The molecule has 0 saturated carbocycles.